The smallest absolute Gasteiger partial charge is 0.254 e. The monoisotopic (exact) mass is 320 g/mol. The Labute approximate surface area is 140 Å². The van der Waals surface area contributed by atoms with Gasteiger partial charge in [0.15, 0.2) is 0 Å². The van der Waals surface area contributed by atoms with Gasteiger partial charge >= 0.3 is 0 Å². The molecule has 1 amide bonds. The lowest BCUT2D eigenvalue weighted by Crippen LogP contribution is -2.48. The highest BCUT2D eigenvalue weighted by Crippen LogP contribution is 2.18. The summed E-state index contributed by atoms with van der Waals surface area (Å²) in [6.07, 6.45) is 0. The fourth-order valence-corrected chi connectivity index (χ4v) is 3.20. The van der Waals surface area contributed by atoms with Gasteiger partial charge in [0, 0.05) is 31.7 Å². The SMILES string of the molecule is CCN1CCN(C(=O)c2ccc3nc4ccccc4nc3c2)CC1. The van der Waals surface area contributed by atoms with Crippen LogP contribution in [0.1, 0.15) is 17.3 Å². The van der Waals surface area contributed by atoms with Gasteiger partial charge in [-0.15, -0.1) is 0 Å². The first kappa shape index (κ1) is 15.0. The molecular formula is C19H20N4O. The molecule has 24 heavy (non-hydrogen) atoms. The van der Waals surface area contributed by atoms with Crippen molar-refractivity contribution in [1.29, 1.82) is 0 Å². The molecule has 5 nitrogen and oxygen atoms in total. The highest BCUT2D eigenvalue weighted by molar-refractivity contribution is 5.98. The first-order valence-corrected chi connectivity index (χ1v) is 8.43. The van der Waals surface area contributed by atoms with Crippen LogP contribution in [0.5, 0.6) is 0 Å². The van der Waals surface area contributed by atoms with Crippen molar-refractivity contribution >= 4 is 28.0 Å². The largest absolute Gasteiger partial charge is 0.336 e. The third-order valence-corrected chi connectivity index (χ3v) is 4.69. The molecule has 0 spiro atoms. The van der Waals surface area contributed by atoms with Crippen LogP contribution in [0.25, 0.3) is 22.1 Å². The van der Waals surface area contributed by atoms with Crippen LogP contribution >= 0.6 is 0 Å². The molecule has 4 rings (SSSR count). The summed E-state index contributed by atoms with van der Waals surface area (Å²) < 4.78 is 0. The van der Waals surface area contributed by atoms with Gasteiger partial charge in [0.05, 0.1) is 22.1 Å². The van der Waals surface area contributed by atoms with Crippen LogP contribution in [-0.2, 0) is 0 Å². The van der Waals surface area contributed by atoms with E-state index < -0.39 is 0 Å². The molecule has 0 saturated carbocycles. The van der Waals surface area contributed by atoms with Crippen molar-refractivity contribution in [2.75, 3.05) is 32.7 Å². The summed E-state index contributed by atoms with van der Waals surface area (Å²) in [4.78, 5) is 26.3. The van der Waals surface area contributed by atoms with Gasteiger partial charge in [-0.2, -0.15) is 0 Å². The molecule has 2 heterocycles. The number of likely N-dealkylation sites (N-methyl/N-ethyl adjacent to an activating group) is 1. The summed E-state index contributed by atoms with van der Waals surface area (Å²) in [6.45, 7) is 6.66. The maximum absolute atomic E-state index is 12.8. The van der Waals surface area contributed by atoms with Crippen LogP contribution in [0.2, 0.25) is 0 Å². The fourth-order valence-electron chi connectivity index (χ4n) is 3.20. The molecule has 0 aliphatic carbocycles. The number of aromatic nitrogens is 2. The van der Waals surface area contributed by atoms with E-state index in [0.717, 1.165) is 54.8 Å². The number of hydrogen-bond donors (Lipinski definition) is 0. The van der Waals surface area contributed by atoms with Gasteiger partial charge in [-0.25, -0.2) is 9.97 Å². The Kier molecular flexibility index (Phi) is 3.86. The number of hydrogen-bond acceptors (Lipinski definition) is 4. The minimum Gasteiger partial charge on any atom is -0.336 e. The topological polar surface area (TPSA) is 49.3 Å². The van der Waals surface area contributed by atoms with Crippen molar-refractivity contribution in [2.45, 2.75) is 6.92 Å². The molecule has 0 bridgehead atoms. The van der Waals surface area contributed by atoms with E-state index >= 15 is 0 Å². The number of carbonyl (C=O) groups excluding carboxylic acids is 1. The second kappa shape index (κ2) is 6.17. The normalized spacial score (nSPS) is 16.0. The molecule has 1 saturated heterocycles. The second-order valence-corrected chi connectivity index (χ2v) is 6.14. The van der Waals surface area contributed by atoms with E-state index in [1.54, 1.807) is 0 Å². The van der Waals surface area contributed by atoms with E-state index in [1.165, 1.54) is 0 Å². The third kappa shape index (κ3) is 2.71. The number of carbonyl (C=O) groups is 1. The molecule has 5 heteroatoms. The highest BCUT2D eigenvalue weighted by atomic mass is 16.2. The summed E-state index contributed by atoms with van der Waals surface area (Å²) in [6, 6.07) is 13.4. The van der Waals surface area contributed by atoms with Gasteiger partial charge in [0.25, 0.3) is 5.91 Å². The van der Waals surface area contributed by atoms with Crippen molar-refractivity contribution in [1.82, 2.24) is 19.8 Å². The number of fused-ring (bicyclic) bond motifs is 2. The predicted octanol–water partition coefficient (Wildman–Crippen LogP) is 2.56. The van der Waals surface area contributed by atoms with Crippen LogP contribution in [-0.4, -0.2) is 58.4 Å². The van der Waals surface area contributed by atoms with Crippen LogP contribution in [0, 0.1) is 0 Å². The Morgan fingerprint density at radius 2 is 1.54 bits per heavy atom. The van der Waals surface area contributed by atoms with Crippen LogP contribution in [0.4, 0.5) is 0 Å². The fraction of sp³-hybridized carbons (Fsp3) is 0.316. The van der Waals surface area contributed by atoms with Crippen molar-refractivity contribution in [3.63, 3.8) is 0 Å². The first-order valence-electron chi connectivity index (χ1n) is 8.43. The van der Waals surface area contributed by atoms with E-state index in [1.807, 2.05) is 47.4 Å². The molecule has 0 N–H and O–H groups in total. The number of rotatable bonds is 2. The molecule has 1 aliphatic heterocycles. The molecule has 2 aromatic carbocycles. The highest BCUT2D eigenvalue weighted by Gasteiger charge is 2.21. The summed E-state index contributed by atoms with van der Waals surface area (Å²) in [5.41, 5.74) is 4.01. The van der Waals surface area contributed by atoms with Crippen molar-refractivity contribution < 1.29 is 4.79 Å². The summed E-state index contributed by atoms with van der Waals surface area (Å²) in [7, 11) is 0. The Balaban J connectivity index is 1.64. The van der Waals surface area contributed by atoms with E-state index in [0.29, 0.717) is 5.56 Å². The maximum Gasteiger partial charge on any atom is 0.254 e. The van der Waals surface area contributed by atoms with Crippen LogP contribution in [0.3, 0.4) is 0 Å². The molecule has 1 aromatic heterocycles. The Bertz CT molecular complexity index is 900. The van der Waals surface area contributed by atoms with Crippen LogP contribution in [0.15, 0.2) is 42.5 Å². The quantitative estimate of drug-likeness (QED) is 0.681. The molecule has 0 atom stereocenters. The van der Waals surface area contributed by atoms with Crippen molar-refractivity contribution in [2.24, 2.45) is 0 Å². The van der Waals surface area contributed by atoms with E-state index in [9.17, 15) is 4.79 Å². The Morgan fingerprint density at radius 1 is 0.917 bits per heavy atom. The lowest BCUT2D eigenvalue weighted by molar-refractivity contribution is 0.0643. The minimum atomic E-state index is 0.0858. The van der Waals surface area contributed by atoms with Gasteiger partial charge in [-0.1, -0.05) is 19.1 Å². The zero-order chi connectivity index (χ0) is 16.5. The third-order valence-electron chi connectivity index (χ3n) is 4.69. The molecule has 1 fully saturated rings. The summed E-state index contributed by atoms with van der Waals surface area (Å²) in [5.74, 6) is 0.0858. The molecule has 0 radical (unpaired) electrons. The Morgan fingerprint density at radius 3 is 2.21 bits per heavy atom. The van der Waals surface area contributed by atoms with E-state index in [4.69, 9.17) is 0 Å². The van der Waals surface area contributed by atoms with Crippen LogP contribution < -0.4 is 0 Å². The van der Waals surface area contributed by atoms with Gasteiger partial charge in [-0.3, -0.25) is 4.79 Å². The second-order valence-electron chi connectivity index (χ2n) is 6.14. The zero-order valence-corrected chi connectivity index (χ0v) is 13.8. The van der Waals surface area contributed by atoms with Gasteiger partial charge < -0.3 is 9.80 Å². The lowest BCUT2D eigenvalue weighted by atomic mass is 10.1. The van der Waals surface area contributed by atoms with E-state index in [2.05, 4.69) is 21.8 Å². The van der Waals surface area contributed by atoms with Gasteiger partial charge in [0.1, 0.15) is 0 Å². The van der Waals surface area contributed by atoms with Crippen molar-refractivity contribution in [3.8, 4) is 0 Å². The number of nitrogens with zero attached hydrogens (tertiary/aromatic N) is 4. The van der Waals surface area contributed by atoms with Crippen molar-refractivity contribution in [3.05, 3.63) is 48.0 Å². The zero-order valence-electron chi connectivity index (χ0n) is 13.8. The summed E-state index contributed by atoms with van der Waals surface area (Å²) >= 11 is 0. The molecule has 3 aromatic rings. The average Bonchev–Trinajstić information content (AvgIpc) is 2.65. The maximum atomic E-state index is 12.8. The minimum absolute atomic E-state index is 0.0858. The van der Waals surface area contributed by atoms with Gasteiger partial charge in [0.2, 0.25) is 0 Å². The Hall–Kier alpha value is -2.53. The molecule has 1 aliphatic rings. The number of benzene rings is 2. The standard InChI is InChI=1S/C19H20N4O/c1-2-22-9-11-23(12-10-22)19(24)14-7-8-17-18(13-14)21-16-6-4-3-5-15(16)20-17/h3-8,13H,2,9-12H2,1H3. The number of para-hydroxylation sites is 2. The van der Waals surface area contributed by atoms with Gasteiger partial charge in [-0.05, 0) is 36.9 Å². The number of piperazine rings is 1. The molecule has 0 unspecified atom stereocenters. The first-order chi connectivity index (χ1) is 11.7. The average molecular weight is 320 g/mol. The molecule has 122 valence electrons. The predicted molar refractivity (Wildman–Crippen MR) is 95.1 cm³/mol. The lowest BCUT2D eigenvalue weighted by Gasteiger charge is -2.34. The summed E-state index contributed by atoms with van der Waals surface area (Å²) in [5, 5.41) is 0. The van der Waals surface area contributed by atoms with E-state index in [-0.39, 0.29) is 5.91 Å². The molecular weight excluding hydrogens is 300 g/mol. The number of amides is 1.